The number of likely N-dealkylation sites (tertiary alicyclic amines) is 1. The summed E-state index contributed by atoms with van der Waals surface area (Å²) in [7, 11) is 0. The number of nitrogens with zero attached hydrogens (tertiary/aromatic N) is 2. The number of amides is 1. The number of rotatable bonds is 4. The molecule has 4 nitrogen and oxygen atoms in total. The summed E-state index contributed by atoms with van der Waals surface area (Å²) in [6.07, 6.45) is 1.05. The highest BCUT2D eigenvalue weighted by atomic mass is 16.3. The molecule has 1 fully saturated rings. The van der Waals surface area contributed by atoms with Gasteiger partial charge >= 0.3 is 0 Å². The molecule has 0 aromatic heterocycles. The first-order valence-electron chi connectivity index (χ1n) is 7.39. The van der Waals surface area contributed by atoms with E-state index in [0.29, 0.717) is 11.6 Å². The van der Waals surface area contributed by atoms with Gasteiger partial charge in [0, 0.05) is 24.7 Å². The SMILES string of the molecule is CCN(CC)C1CCN(C(=O)c2ccc(O)c(C)c2)C1. The van der Waals surface area contributed by atoms with E-state index in [1.54, 1.807) is 18.2 Å². The Hall–Kier alpha value is -1.55. The number of aryl methyl sites for hydroxylation is 1. The van der Waals surface area contributed by atoms with E-state index in [1.165, 1.54) is 0 Å². The number of aromatic hydroxyl groups is 1. The second-order valence-electron chi connectivity index (χ2n) is 5.42. The predicted octanol–water partition coefficient (Wildman–Crippen LogP) is 2.26. The number of hydrogen-bond donors (Lipinski definition) is 1. The molecule has 1 aromatic carbocycles. The molecule has 0 radical (unpaired) electrons. The summed E-state index contributed by atoms with van der Waals surface area (Å²) < 4.78 is 0. The molecule has 0 bridgehead atoms. The number of carbonyl (C=O) groups excluding carboxylic acids is 1. The number of hydrogen-bond acceptors (Lipinski definition) is 3. The van der Waals surface area contributed by atoms with Crippen LogP contribution in [0.3, 0.4) is 0 Å². The van der Waals surface area contributed by atoms with Crippen molar-refractivity contribution < 1.29 is 9.90 Å². The minimum Gasteiger partial charge on any atom is -0.508 e. The molecule has 0 spiro atoms. The number of benzene rings is 1. The standard InChI is InChI=1S/C16H24N2O2/c1-4-17(5-2)14-8-9-18(11-14)16(20)13-6-7-15(19)12(3)10-13/h6-7,10,14,19H,4-5,8-9,11H2,1-3H3. The van der Waals surface area contributed by atoms with E-state index >= 15 is 0 Å². The summed E-state index contributed by atoms with van der Waals surface area (Å²) in [5, 5.41) is 9.54. The maximum Gasteiger partial charge on any atom is 0.253 e. The van der Waals surface area contributed by atoms with Crippen LogP contribution in [-0.2, 0) is 0 Å². The van der Waals surface area contributed by atoms with Gasteiger partial charge in [-0.25, -0.2) is 0 Å². The summed E-state index contributed by atoms with van der Waals surface area (Å²) >= 11 is 0. The molecular weight excluding hydrogens is 252 g/mol. The van der Waals surface area contributed by atoms with Gasteiger partial charge in [0.05, 0.1) is 0 Å². The van der Waals surface area contributed by atoms with Crippen LogP contribution in [-0.4, -0.2) is 53.0 Å². The zero-order chi connectivity index (χ0) is 14.7. The molecule has 0 aliphatic carbocycles. The number of carbonyl (C=O) groups is 1. The molecule has 1 amide bonds. The predicted molar refractivity (Wildman–Crippen MR) is 80.1 cm³/mol. The van der Waals surface area contributed by atoms with Crippen LogP contribution in [0.1, 0.15) is 36.2 Å². The Balaban J connectivity index is 2.05. The molecule has 1 saturated heterocycles. The van der Waals surface area contributed by atoms with E-state index in [2.05, 4.69) is 18.7 Å². The molecule has 1 heterocycles. The van der Waals surface area contributed by atoms with Crippen LogP contribution >= 0.6 is 0 Å². The molecule has 1 unspecified atom stereocenters. The van der Waals surface area contributed by atoms with E-state index in [9.17, 15) is 9.90 Å². The lowest BCUT2D eigenvalue weighted by Gasteiger charge is -2.26. The highest BCUT2D eigenvalue weighted by molar-refractivity contribution is 5.94. The van der Waals surface area contributed by atoms with Gasteiger partial charge in [0.2, 0.25) is 0 Å². The number of likely N-dealkylation sites (N-methyl/N-ethyl adjacent to an activating group) is 1. The van der Waals surface area contributed by atoms with Crippen LogP contribution in [0, 0.1) is 6.92 Å². The summed E-state index contributed by atoms with van der Waals surface area (Å²) in [4.78, 5) is 16.8. The van der Waals surface area contributed by atoms with Gasteiger partial charge in [-0.05, 0) is 50.2 Å². The first kappa shape index (κ1) is 14.9. The summed E-state index contributed by atoms with van der Waals surface area (Å²) in [5.74, 6) is 0.312. The molecule has 0 saturated carbocycles. The molecule has 1 aromatic rings. The van der Waals surface area contributed by atoms with E-state index in [4.69, 9.17) is 0 Å². The highest BCUT2D eigenvalue weighted by Gasteiger charge is 2.29. The Morgan fingerprint density at radius 3 is 2.70 bits per heavy atom. The van der Waals surface area contributed by atoms with Crippen molar-refractivity contribution in [1.82, 2.24) is 9.80 Å². The van der Waals surface area contributed by atoms with E-state index in [1.807, 2.05) is 11.8 Å². The second kappa shape index (κ2) is 6.27. The lowest BCUT2D eigenvalue weighted by molar-refractivity contribution is 0.0778. The third-order valence-electron chi connectivity index (χ3n) is 4.22. The molecule has 1 N–H and O–H groups in total. The fourth-order valence-electron chi connectivity index (χ4n) is 2.94. The average molecular weight is 276 g/mol. The molecule has 110 valence electrons. The van der Waals surface area contributed by atoms with Gasteiger partial charge in [-0.15, -0.1) is 0 Å². The van der Waals surface area contributed by atoms with Crippen LogP contribution in [0.4, 0.5) is 0 Å². The van der Waals surface area contributed by atoms with Crippen molar-refractivity contribution in [2.24, 2.45) is 0 Å². The van der Waals surface area contributed by atoms with Gasteiger partial charge in [0.15, 0.2) is 0 Å². The fraction of sp³-hybridized carbons (Fsp3) is 0.562. The van der Waals surface area contributed by atoms with Gasteiger partial charge in [-0.1, -0.05) is 13.8 Å². The van der Waals surface area contributed by atoms with Crippen LogP contribution in [0.5, 0.6) is 5.75 Å². The minimum absolute atomic E-state index is 0.0720. The van der Waals surface area contributed by atoms with Crippen LogP contribution < -0.4 is 0 Å². The Labute approximate surface area is 121 Å². The molecule has 1 atom stereocenters. The number of phenols is 1. The first-order valence-corrected chi connectivity index (χ1v) is 7.39. The lowest BCUT2D eigenvalue weighted by Crippen LogP contribution is -2.38. The average Bonchev–Trinajstić information content (AvgIpc) is 2.92. The van der Waals surface area contributed by atoms with Crippen molar-refractivity contribution in [3.05, 3.63) is 29.3 Å². The Morgan fingerprint density at radius 1 is 1.40 bits per heavy atom. The van der Waals surface area contributed by atoms with Crippen LogP contribution in [0.25, 0.3) is 0 Å². The molecular formula is C16H24N2O2. The number of phenolic OH excluding ortho intramolecular Hbond substituents is 1. The molecule has 2 rings (SSSR count). The van der Waals surface area contributed by atoms with Crippen molar-refractivity contribution in [3.63, 3.8) is 0 Å². The van der Waals surface area contributed by atoms with Crippen LogP contribution in [0.2, 0.25) is 0 Å². The lowest BCUT2D eigenvalue weighted by atomic mass is 10.1. The second-order valence-corrected chi connectivity index (χ2v) is 5.42. The summed E-state index contributed by atoms with van der Waals surface area (Å²) in [6.45, 7) is 9.83. The molecule has 4 heteroatoms. The topological polar surface area (TPSA) is 43.8 Å². The van der Waals surface area contributed by atoms with Gasteiger partial charge in [-0.2, -0.15) is 0 Å². The Morgan fingerprint density at radius 2 is 2.10 bits per heavy atom. The van der Waals surface area contributed by atoms with Gasteiger partial charge < -0.3 is 10.0 Å². The third-order valence-corrected chi connectivity index (χ3v) is 4.22. The zero-order valence-electron chi connectivity index (χ0n) is 12.6. The summed E-state index contributed by atoms with van der Waals surface area (Å²) in [6, 6.07) is 5.55. The van der Waals surface area contributed by atoms with E-state index < -0.39 is 0 Å². The summed E-state index contributed by atoms with van der Waals surface area (Å²) in [5.41, 5.74) is 1.41. The van der Waals surface area contributed by atoms with Crippen molar-refractivity contribution in [2.75, 3.05) is 26.2 Å². The van der Waals surface area contributed by atoms with E-state index in [0.717, 1.165) is 38.2 Å². The largest absolute Gasteiger partial charge is 0.508 e. The molecule has 20 heavy (non-hydrogen) atoms. The zero-order valence-corrected chi connectivity index (χ0v) is 12.6. The van der Waals surface area contributed by atoms with Gasteiger partial charge in [0.1, 0.15) is 5.75 Å². The van der Waals surface area contributed by atoms with Crippen molar-refractivity contribution in [1.29, 1.82) is 0 Å². The highest BCUT2D eigenvalue weighted by Crippen LogP contribution is 2.21. The Kier molecular flexibility index (Phi) is 4.65. The van der Waals surface area contributed by atoms with Gasteiger partial charge in [0.25, 0.3) is 5.91 Å². The quantitative estimate of drug-likeness (QED) is 0.917. The fourth-order valence-corrected chi connectivity index (χ4v) is 2.94. The van der Waals surface area contributed by atoms with Crippen molar-refractivity contribution in [2.45, 2.75) is 33.2 Å². The Bertz CT molecular complexity index is 483. The molecule has 1 aliphatic rings. The smallest absolute Gasteiger partial charge is 0.253 e. The minimum atomic E-state index is 0.0720. The third kappa shape index (κ3) is 2.96. The van der Waals surface area contributed by atoms with Crippen molar-refractivity contribution >= 4 is 5.91 Å². The van der Waals surface area contributed by atoms with Gasteiger partial charge in [-0.3, -0.25) is 9.69 Å². The van der Waals surface area contributed by atoms with E-state index in [-0.39, 0.29) is 11.7 Å². The maximum absolute atomic E-state index is 12.5. The van der Waals surface area contributed by atoms with Crippen molar-refractivity contribution in [3.8, 4) is 5.75 Å². The maximum atomic E-state index is 12.5. The normalized spacial score (nSPS) is 18.8. The molecule has 1 aliphatic heterocycles. The van der Waals surface area contributed by atoms with Crippen LogP contribution in [0.15, 0.2) is 18.2 Å². The first-order chi connectivity index (χ1) is 9.56. The monoisotopic (exact) mass is 276 g/mol.